The minimum absolute atomic E-state index is 0.274. The molecule has 2 aliphatic heterocycles. The Bertz CT molecular complexity index is 1350. The van der Waals surface area contributed by atoms with Crippen LogP contribution < -0.4 is 9.47 Å². The number of rotatable bonds is 5. The van der Waals surface area contributed by atoms with Gasteiger partial charge in [0.15, 0.2) is 23.3 Å². The van der Waals surface area contributed by atoms with E-state index < -0.39 is 23.5 Å². The highest BCUT2D eigenvalue weighted by molar-refractivity contribution is 6.02. The second kappa shape index (κ2) is 10.5. The molecule has 0 aliphatic carbocycles. The van der Waals surface area contributed by atoms with Crippen molar-refractivity contribution in [1.29, 1.82) is 0 Å². The molecule has 9 heteroatoms. The van der Waals surface area contributed by atoms with Gasteiger partial charge in [0, 0.05) is 30.8 Å². The van der Waals surface area contributed by atoms with E-state index in [-0.39, 0.29) is 6.61 Å². The number of nitrogens with zero attached hydrogens (tertiary/aromatic N) is 3. The first-order valence-corrected chi connectivity index (χ1v) is 12.0. The van der Waals surface area contributed by atoms with Gasteiger partial charge in [0.25, 0.3) is 0 Å². The molecule has 1 unspecified atom stereocenters. The number of hydrogen-bond acceptors (Lipinski definition) is 6. The maximum absolute atomic E-state index is 14.0. The average Bonchev–Trinajstić information content (AvgIpc) is 3.15. The first kappa shape index (κ1) is 24.7. The van der Waals surface area contributed by atoms with E-state index in [0.29, 0.717) is 36.0 Å². The van der Waals surface area contributed by atoms with E-state index in [2.05, 4.69) is 10.1 Å². The molecule has 0 radical (unpaired) electrons. The average molecular weight is 510 g/mol. The monoisotopic (exact) mass is 509 g/mol. The molecule has 1 saturated heterocycles. The van der Waals surface area contributed by atoms with Crippen molar-refractivity contribution in [2.45, 2.75) is 25.3 Å². The molecule has 0 bridgehead atoms. The van der Waals surface area contributed by atoms with Crippen LogP contribution in [0, 0.1) is 17.5 Å². The van der Waals surface area contributed by atoms with Crippen molar-refractivity contribution in [2.24, 2.45) is 5.16 Å². The number of piperidine rings is 1. The number of fused-ring (bicyclic) bond motifs is 1. The van der Waals surface area contributed by atoms with E-state index in [1.54, 1.807) is 20.4 Å². The van der Waals surface area contributed by atoms with Gasteiger partial charge in [-0.05, 0) is 65.4 Å². The molecule has 0 saturated carbocycles. The van der Waals surface area contributed by atoms with Gasteiger partial charge in [-0.2, -0.15) is 0 Å². The fourth-order valence-corrected chi connectivity index (χ4v) is 4.86. The molecule has 5 rings (SSSR count). The second-order valence-electron chi connectivity index (χ2n) is 8.86. The second-order valence-corrected chi connectivity index (χ2v) is 8.86. The summed E-state index contributed by atoms with van der Waals surface area (Å²) in [6.07, 6.45) is 5.73. The van der Waals surface area contributed by atoms with Crippen molar-refractivity contribution in [1.82, 2.24) is 9.88 Å². The predicted octanol–water partition coefficient (Wildman–Crippen LogP) is 6.14. The molecular weight excluding hydrogens is 483 g/mol. The fourth-order valence-electron chi connectivity index (χ4n) is 4.86. The Balaban J connectivity index is 1.48. The number of benzene rings is 2. The number of aromatic nitrogens is 1. The molecule has 3 heterocycles. The number of pyridine rings is 1. The van der Waals surface area contributed by atoms with Crippen LogP contribution in [0.25, 0.3) is 17.2 Å². The van der Waals surface area contributed by atoms with E-state index in [1.165, 1.54) is 0 Å². The van der Waals surface area contributed by atoms with Gasteiger partial charge in [-0.15, -0.1) is 0 Å². The third-order valence-corrected chi connectivity index (χ3v) is 6.63. The van der Waals surface area contributed by atoms with Crippen LogP contribution in [0.15, 0.2) is 59.4 Å². The van der Waals surface area contributed by atoms with Crippen LogP contribution in [0.4, 0.5) is 13.2 Å². The fraction of sp³-hybridized carbons (Fsp3) is 0.286. The molecular formula is C28H26F3N3O3. The summed E-state index contributed by atoms with van der Waals surface area (Å²) in [5, 5.41) is 4.35. The van der Waals surface area contributed by atoms with Gasteiger partial charge in [0.2, 0.25) is 5.88 Å². The van der Waals surface area contributed by atoms with Gasteiger partial charge in [-0.25, -0.2) is 18.2 Å². The molecule has 3 aromatic rings. The number of oxime groups is 1. The number of amidine groups is 1. The Morgan fingerprint density at radius 3 is 2.59 bits per heavy atom. The number of halogens is 3. The quantitative estimate of drug-likeness (QED) is 0.387. The smallest absolute Gasteiger partial charge is 0.213 e. The summed E-state index contributed by atoms with van der Waals surface area (Å²) in [4.78, 5) is 11.7. The van der Waals surface area contributed by atoms with Crippen molar-refractivity contribution >= 4 is 11.9 Å². The van der Waals surface area contributed by atoms with E-state index >= 15 is 0 Å². The van der Waals surface area contributed by atoms with E-state index in [0.717, 1.165) is 47.2 Å². The molecule has 6 nitrogen and oxygen atoms in total. The molecule has 2 aliphatic rings. The lowest BCUT2D eigenvalue weighted by Crippen LogP contribution is -2.39. The Morgan fingerprint density at radius 2 is 1.84 bits per heavy atom. The molecule has 1 aromatic heterocycles. The third-order valence-electron chi connectivity index (χ3n) is 6.63. The summed E-state index contributed by atoms with van der Waals surface area (Å²) in [6.45, 7) is 0.910. The van der Waals surface area contributed by atoms with Gasteiger partial charge in [0.1, 0.15) is 12.4 Å². The Kier molecular flexibility index (Phi) is 7.03. The van der Waals surface area contributed by atoms with Crippen LogP contribution in [-0.4, -0.2) is 43.1 Å². The summed E-state index contributed by atoms with van der Waals surface area (Å²) in [5.41, 5.74) is 4.00. The lowest BCUT2D eigenvalue weighted by atomic mass is 9.94. The minimum Gasteiger partial charge on any atom is -0.496 e. The van der Waals surface area contributed by atoms with Crippen molar-refractivity contribution in [2.75, 3.05) is 27.4 Å². The standard InChI is InChI=1S/C28H26F3N3O3/c1-35-25-13-17(5-6-21(25)18-7-9-32-26(16-18)36-2)12-19-4-3-10-34-24(8-11-37-33-28(19)34)20-14-22(29)27(31)23(30)15-20/h5-7,9,12-16,24H,3-4,8,10-11H2,1-2H3/b19-12+. The normalized spacial score (nSPS) is 18.5. The predicted molar refractivity (Wildman–Crippen MR) is 134 cm³/mol. The van der Waals surface area contributed by atoms with E-state index in [1.807, 2.05) is 41.3 Å². The van der Waals surface area contributed by atoms with E-state index in [4.69, 9.17) is 14.3 Å². The number of hydrogen-bond donors (Lipinski definition) is 0. The summed E-state index contributed by atoms with van der Waals surface area (Å²) < 4.78 is 52.6. The van der Waals surface area contributed by atoms with Crippen molar-refractivity contribution in [3.05, 3.63) is 82.8 Å². The van der Waals surface area contributed by atoms with Crippen LogP contribution in [-0.2, 0) is 4.84 Å². The summed E-state index contributed by atoms with van der Waals surface area (Å²) in [7, 11) is 3.19. The zero-order valence-corrected chi connectivity index (χ0v) is 20.5. The maximum Gasteiger partial charge on any atom is 0.213 e. The lowest BCUT2D eigenvalue weighted by molar-refractivity contribution is 0.140. The molecule has 0 N–H and O–H groups in total. The first-order valence-electron chi connectivity index (χ1n) is 12.0. The van der Waals surface area contributed by atoms with Crippen molar-refractivity contribution in [3.63, 3.8) is 0 Å². The molecule has 1 fully saturated rings. The minimum atomic E-state index is -1.47. The molecule has 2 aromatic carbocycles. The summed E-state index contributed by atoms with van der Waals surface area (Å²) >= 11 is 0. The van der Waals surface area contributed by atoms with Crippen LogP contribution in [0.3, 0.4) is 0 Å². The van der Waals surface area contributed by atoms with Gasteiger partial charge >= 0.3 is 0 Å². The first-order chi connectivity index (χ1) is 18.0. The van der Waals surface area contributed by atoms with Gasteiger partial charge in [0.05, 0.1) is 20.3 Å². The van der Waals surface area contributed by atoms with Gasteiger partial charge in [-0.3, -0.25) is 0 Å². The highest BCUT2D eigenvalue weighted by atomic mass is 19.2. The molecule has 192 valence electrons. The van der Waals surface area contributed by atoms with Crippen molar-refractivity contribution in [3.8, 4) is 22.8 Å². The van der Waals surface area contributed by atoms with Gasteiger partial charge in [-0.1, -0.05) is 17.3 Å². The Morgan fingerprint density at radius 1 is 1.03 bits per heavy atom. The molecule has 0 amide bonds. The molecule has 0 spiro atoms. The number of methoxy groups -OCH3 is 2. The van der Waals surface area contributed by atoms with E-state index in [9.17, 15) is 13.2 Å². The number of ether oxygens (including phenoxy) is 2. The largest absolute Gasteiger partial charge is 0.496 e. The molecule has 37 heavy (non-hydrogen) atoms. The zero-order chi connectivity index (χ0) is 25.9. The highest BCUT2D eigenvalue weighted by Gasteiger charge is 2.32. The Hall–Kier alpha value is -4.01. The third kappa shape index (κ3) is 4.98. The van der Waals surface area contributed by atoms with Crippen LogP contribution >= 0.6 is 0 Å². The summed E-state index contributed by atoms with van der Waals surface area (Å²) in [5.74, 6) is -2.07. The molecule has 1 atom stereocenters. The summed E-state index contributed by atoms with van der Waals surface area (Å²) in [6, 6.07) is 11.3. The van der Waals surface area contributed by atoms with Crippen LogP contribution in [0.1, 0.15) is 36.4 Å². The maximum atomic E-state index is 14.0. The SMILES string of the molecule is COc1cc(-c2ccc(/C=C3\CCCN4C3=NOCCC4c3cc(F)c(F)c(F)c3)cc2OC)ccn1. The lowest BCUT2D eigenvalue weighted by Gasteiger charge is -2.36. The van der Waals surface area contributed by atoms with Crippen molar-refractivity contribution < 1.29 is 27.5 Å². The zero-order valence-electron chi connectivity index (χ0n) is 20.5. The highest BCUT2D eigenvalue weighted by Crippen LogP contribution is 2.36. The van der Waals surface area contributed by atoms with Crippen LogP contribution in [0.2, 0.25) is 0 Å². The Labute approximate surface area is 213 Å². The van der Waals surface area contributed by atoms with Gasteiger partial charge < -0.3 is 19.2 Å². The van der Waals surface area contributed by atoms with Crippen LogP contribution in [0.5, 0.6) is 11.6 Å². The topological polar surface area (TPSA) is 56.2 Å².